The van der Waals surface area contributed by atoms with Crippen LogP contribution in [0.25, 0.3) is 10.8 Å². The SMILES string of the molecule is CN(C)c1ccc(C2C3=C(CC(c4ccco4)CC3=O)Nc3ccc4ccccc4c32)cc1. The van der Waals surface area contributed by atoms with E-state index in [9.17, 15) is 4.79 Å². The molecule has 0 saturated heterocycles. The van der Waals surface area contributed by atoms with Gasteiger partial charge >= 0.3 is 0 Å². The van der Waals surface area contributed by atoms with Gasteiger partial charge in [-0.2, -0.15) is 0 Å². The van der Waals surface area contributed by atoms with Crippen LogP contribution in [-0.4, -0.2) is 19.9 Å². The molecule has 0 bridgehead atoms. The van der Waals surface area contributed by atoms with Crippen molar-refractivity contribution < 1.29 is 9.21 Å². The highest BCUT2D eigenvalue weighted by molar-refractivity contribution is 6.04. The lowest BCUT2D eigenvalue weighted by Crippen LogP contribution is -2.29. The predicted octanol–water partition coefficient (Wildman–Crippen LogP) is 6.46. The van der Waals surface area contributed by atoms with Crippen molar-refractivity contribution in [2.75, 3.05) is 24.3 Å². The fraction of sp³-hybridized carbons (Fsp3) is 0.207. The molecule has 2 atom stereocenters. The number of hydrogen-bond donors (Lipinski definition) is 1. The molecule has 1 aliphatic heterocycles. The highest BCUT2D eigenvalue weighted by Gasteiger charge is 2.39. The number of nitrogens with one attached hydrogen (secondary N) is 1. The molecule has 0 amide bonds. The first-order chi connectivity index (χ1) is 16.1. The Labute approximate surface area is 193 Å². The largest absolute Gasteiger partial charge is 0.469 e. The van der Waals surface area contributed by atoms with Gasteiger partial charge in [0.25, 0.3) is 0 Å². The van der Waals surface area contributed by atoms with Gasteiger partial charge in [0.15, 0.2) is 5.78 Å². The molecular formula is C29H26N2O2. The van der Waals surface area contributed by atoms with Crippen LogP contribution in [0.1, 0.15) is 41.6 Å². The van der Waals surface area contributed by atoms with E-state index in [1.54, 1.807) is 6.26 Å². The Hall–Kier alpha value is -3.79. The lowest BCUT2D eigenvalue weighted by molar-refractivity contribution is -0.116. The number of furan rings is 1. The molecule has 4 nitrogen and oxygen atoms in total. The van der Waals surface area contributed by atoms with E-state index in [4.69, 9.17) is 4.42 Å². The van der Waals surface area contributed by atoms with Crippen LogP contribution in [0.15, 0.2) is 94.7 Å². The lowest BCUT2D eigenvalue weighted by Gasteiger charge is -2.37. The van der Waals surface area contributed by atoms with Crippen LogP contribution in [0, 0.1) is 0 Å². The summed E-state index contributed by atoms with van der Waals surface area (Å²) >= 11 is 0. The third kappa shape index (κ3) is 3.25. The highest BCUT2D eigenvalue weighted by Crippen LogP contribution is 2.50. The number of carbonyl (C=O) groups is 1. The molecule has 0 fully saturated rings. The molecule has 6 rings (SSSR count). The average Bonchev–Trinajstić information content (AvgIpc) is 3.38. The summed E-state index contributed by atoms with van der Waals surface area (Å²) in [5, 5.41) is 6.03. The van der Waals surface area contributed by atoms with Crippen molar-refractivity contribution in [3.05, 3.63) is 107 Å². The fourth-order valence-electron chi connectivity index (χ4n) is 5.43. The standard InChI is InChI=1S/C29H26N2O2/c1-31(2)21-12-9-19(10-13-21)27-28-22-7-4-3-6-18(22)11-14-23(28)30-24-16-20(17-25(32)29(24)27)26-8-5-15-33-26/h3-15,20,27,30H,16-17H2,1-2H3. The number of nitrogens with zero attached hydrogens (tertiary/aromatic N) is 1. The van der Waals surface area contributed by atoms with E-state index in [0.29, 0.717) is 6.42 Å². The molecule has 164 valence electrons. The monoisotopic (exact) mass is 434 g/mol. The Balaban J connectivity index is 1.55. The number of anilines is 2. The molecule has 1 N–H and O–H groups in total. The molecule has 2 aliphatic rings. The second-order valence-electron chi connectivity index (χ2n) is 9.23. The molecule has 4 aromatic rings. The molecule has 0 saturated carbocycles. The Kier molecular flexibility index (Phi) is 4.61. The Morgan fingerprint density at radius 2 is 1.73 bits per heavy atom. The Morgan fingerprint density at radius 3 is 2.48 bits per heavy atom. The van der Waals surface area contributed by atoms with Gasteiger partial charge in [0.2, 0.25) is 0 Å². The van der Waals surface area contributed by atoms with E-state index >= 15 is 0 Å². The second-order valence-corrected chi connectivity index (χ2v) is 9.23. The van der Waals surface area contributed by atoms with Crippen LogP contribution in [0.5, 0.6) is 0 Å². The zero-order chi connectivity index (χ0) is 22.5. The van der Waals surface area contributed by atoms with Gasteiger partial charge in [-0.15, -0.1) is 0 Å². The lowest BCUT2D eigenvalue weighted by atomic mass is 9.71. The second kappa shape index (κ2) is 7.66. The van der Waals surface area contributed by atoms with Crippen LogP contribution in [0.4, 0.5) is 11.4 Å². The minimum Gasteiger partial charge on any atom is -0.469 e. The molecule has 2 heterocycles. The molecule has 3 aromatic carbocycles. The zero-order valence-corrected chi connectivity index (χ0v) is 18.8. The van der Waals surface area contributed by atoms with Gasteiger partial charge < -0.3 is 14.6 Å². The van der Waals surface area contributed by atoms with Crippen molar-refractivity contribution in [2.24, 2.45) is 0 Å². The first-order valence-corrected chi connectivity index (χ1v) is 11.5. The van der Waals surface area contributed by atoms with Gasteiger partial charge in [-0.05, 0) is 58.7 Å². The van der Waals surface area contributed by atoms with Crippen molar-refractivity contribution in [2.45, 2.75) is 24.7 Å². The number of allylic oxidation sites excluding steroid dienone is 2. The topological polar surface area (TPSA) is 45.5 Å². The summed E-state index contributed by atoms with van der Waals surface area (Å²) in [6.45, 7) is 0. The number of Topliss-reactive ketones (excluding diaryl/α,β-unsaturated/α-hetero) is 1. The van der Waals surface area contributed by atoms with E-state index in [-0.39, 0.29) is 17.6 Å². The summed E-state index contributed by atoms with van der Waals surface area (Å²) in [7, 11) is 4.09. The highest BCUT2D eigenvalue weighted by atomic mass is 16.3. The molecule has 1 aromatic heterocycles. The van der Waals surface area contributed by atoms with Crippen LogP contribution >= 0.6 is 0 Å². The van der Waals surface area contributed by atoms with Crippen molar-refractivity contribution in [1.29, 1.82) is 0 Å². The quantitative estimate of drug-likeness (QED) is 0.402. The van der Waals surface area contributed by atoms with Crippen LogP contribution < -0.4 is 10.2 Å². The summed E-state index contributed by atoms with van der Waals surface area (Å²) in [5.74, 6) is 1.06. The summed E-state index contributed by atoms with van der Waals surface area (Å²) in [6, 6.07) is 25.3. The van der Waals surface area contributed by atoms with Crippen LogP contribution in [-0.2, 0) is 4.79 Å². The smallest absolute Gasteiger partial charge is 0.162 e. The number of carbonyl (C=O) groups excluding carboxylic acids is 1. The maximum Gasteiger partial charge on any atom is 0.162 e. The zero-order valence-electron chi connectivity index (χ0n) is 18.8. The first kappa shape index (κ1) is 19.9. The van der Waals surface area contributed by atoms with E-state index in [2.05, 4.69) is 70.9 Å². The summed E-state index contributed by atoms with van der Waals surface area (Å²) < 4.78 is 5.67. The van der Waals surface area contributed by atoms with Gasteiger partial charge in [-0.25, -0.2) is 0 Å². The maximum absolute atomic E-state index is 13.7. The number of ketones is 1. The third-order valence-electron chi connectivity index (χ3n) is 7.03. The molecule has 2 unspecified atom stereocenters. The maximum atomic E-state index is 13.7. The van der Waals surface area contributed by atoms with Gasteiger partial charge in [0, 0.05) is 55.0 Å². The molecule has 4 heteroatoms. The van der Waals surface area contributed by atoms with Gasteiger partial charge in [0.1, 0.15) is 5.76 Å². The first-order valence-electron chi connectivity index (χ1n) is 11.5. The van der Waals surface area contributed by atoms with E-state index in [1.807, 2.05) is 26.2 Å². The predicted molar refractivity (Wildman–Crippen MR) is 133 cm³/mol. The molecular weight excluding hydrogens is 408 g/mol. The fourth-order valence-corrected chi connectivity index (χ4v) is 5.43. The molecule has 0 spiro atoms. The van der Waals surface area contributed by atoms with Crippen molar-refractivity contribution >= 4 is 27.9 Å². The van der Waals surface area contributed by atoms with Gasteiger partial charge in [0.05, 0.1) is 6.26 Å². The summed E-state index contributed by atoms with van der Waals surface area (Å²) in [5.41, 5.74) is 6.50. The van der Waals surface area contributed by atoms with Gasteiger partial charge in [-0.1, -0.05) is 42.5 Å². The number of fused-ring (bicyclic) bond motifs is 3. The van der Waals surface area contributed by atoms with E-state index < -0.39 is 0 Å². The molecule has 33 heavy (non-hydrogen) atoms. The van der Waals surface area contributed by atoms with Crippen LogP contribution in [0.3, 0.4) is 0 Å². The molecule has 0 radical (unpaired) electrons. The minimum atomic E-state index is -0.0939. The van der Waals surface area contributed by atoms with Crippen molar-refractivity contribution in [1.82, 2.24) is 0 Å². The number of benzene rings is 3. The Bertz CT molecular complexity index is 1380. The van der Waals surface area contributed by atoms with E-state index in [0.717, 1.165) is 40.4 Å². The average molecular weight is 435 g/mol. The van der Waals surface area contributed by atoms with Crippen LogP contribution in [0.2, 0.25) is 0 Å². The Morgan fingerprint density at radius 1 is 0.909 bits per heavy atom. The summed E-state index contributed by atoms with van der Waals surface area (Å²) in [4.78, 5) is 15.8. The van der Waals surface area contributed by atoms with Gasteiger partial charge in [-0.3, -0.25) is 4.79 Å². The summed E-state index contributed by atoms with van der Waals surface area (Å²) in [6.07, 6.45) is 2.93. The van der Waals surface area contributed by atoms with E-state index in [1.165, 1.54) is 16.3 Å². The number of hydrogen-bond acceptors (Lipinski definition) is 4. The third-order valence-corrected chi connectivity index (χ3v) is 7.03. The van der Waals surface area contributed by atoms with Crippen molar-refractivity contribution in [3.8, 4) is 0 Å². The normalized spacial score (nSPS) is 19.8. The molecule has 1 aliphatic carbocycles. The number of rotatable bonds is 3. The van der Waals surface area contributed by atoms with Crippen molar-refractivity contribution in [3.63, 3.8) is 0 Å². The minimum absolute atomic E-state index is 0.0672.